The lowest BCUT2D eigenvalue weighted by Crippen LogP contribution is -2.33. The lowest BCUT2D eigenvalue weighted by atomic mass is 10.1. The number of aromatic amines is 1. The van der Waals surface area contributed by atoms with Gasteiger partial charge in [0.25, 0.3) is 5.56 Å². The Labute approximate surface area is 157 Å². The highest BCUT2D eigenvalue weighted by molar-refractivity contribution is 7.22. The summed E-state index contributed by atoms with van der Waals surface area (Å²) in [5.74, 6) is 0. The van der Waals surface area contributed by atoms with E-state index in [1.165, 1.54) is 15.9 Å². The maximum absolute atomic E-state index is 13.2. The molecule has 27 heavy (non-hydrogen) atoms. The van der Waals surface area contributed by atoms with E-state index in [0.29, 0.717) is 15.9 Å². The Morgan fingerprint density at radius 2 is 1.81 bits per heavy atom. The van der Waals surface area contributed by atoms with Gasteiger partial charge in [-0.3, -0.25) is 9.78 Å². The molecule has 3 aromatic heterocycles. The summed E-state index contributed by atoms with van der Waals surface area (Å²) in [6.07, 6.45) is 3.44. The van der Waals surface area contributed by atoms with Gasteiger partial charge in [0.05, 0.1) is 11.2 Å². The minimum absolute atomic E-state index is 0.315. The van der Waals surface area contributed by atoms with Crippen molar-refractivity contribution < 1.29 is 0 Å². The molecule has 0 atom stereocenters. The summed E-state index contributed by atoms with van der Waals surface area (Å²) in [5, 5.41) is 1.83. The van der Waals surface area contributed by atoms with E-state index in [-0.39, 0.29) is 5.56 Å². The van der Waals surface area contributed by atoms with Gasteiger partial charge in [-0.25, -0.2) is 9.36 Å². The van der Waals surface area contributed by atoms with Gasteiger partial charge in [0.2, 0.25) is 0 Å². The third kappa shape index (κ3) is 2.50. The molecule has 0 saturated carbocycles. The maximum Gasteiger partial charge on any atom is 0.333 e. The molecule has 5 nitrogen and oxygen atoms in total. The molecule has 0 aliphatic rings. The second-order valence-corrected chi connectivity index (χ2v) is 7.22. The Morgan fingerprint density at radius 3 is 2.67 bits per heavy atom. The van der Waals surface area contributed by atoms with Gasteiger partial charge in [-0.05, 0) is 23.6 Å². The zero-order chi connectivity index (χ0) is 18.4. The SMILES string of the molecule is O=c1[nH]c2cc(-c3cccnc3)sc2c(=O)n1-c1cccc2ccccc12. The summed E-state index contributed by atoms with van der Waals surface area (Å²) >= 11 is 1.36. The van der Waals surface area contributed by atoms with E-state index in [4.69, 9.17) is 0 Å². The van der Waals surface area contributed by atoms with Crippen LogP contribution in [0.5, 0.6) is 0 Å². The first-order valence-electron chi connectivity index (χ1n) is 8.40. The van der Waals surface area contributed by atoms with Crippen molar-refractivity contribution in [2.45, 2.75) is 0 Å². The van der Waals surface area contributed by atoms with Crippen molar-refractivity contribution in [1.82, 2.24) is 14.5 Å². The highest BCUT2D eigenvalue weighted by atomic mass is 32.1. The number of fused-ring (bicyclic) bond motifs is 2. The van der Waals surface area contributed by atoms with E-state index in [2.05, 4.69) is 9.97 Å². The molecular weight excluding hydrogens is 358 g/mol. The molecule has 0 unspecified atom stereocenters. The van der Waals surface area contributed by atoms with Crippen LogP contribution < -0.4 is 11.2 Å². The molecule has 5 aromatic rings. The monoisotopic (exact) mass is 371 g/mol. The Morgan fingerprint density at radius 1 is 0.963 bits per heavy atom. The molecule has 2 aromatic carbocycles. The molecular formula is C21H13N3O2S. The average molecular weight is 371 g/mol. The van der Waals surface area contributed by atoms with E-state index in [0.717, 1.165) is 21.2 Å². The van der Waals surface area contributed by atoms with Crippen LogP contribution in [0.1, 0.15) is 0 Å². The van der Waals surface area contributed by atoms with Crippen LogP contribution >= 0.6 is 11.3 Å². The molecule has 0 radical (unpaired) electrons. The van der Waals surface area contributed by atoms with Gasteiger partial charge in [-0.2, -0.15) is 0 Å². The number of nitrogens with one attached hydrogen (secondary N) is 1. The van der Waals surface area contributed by atoms with Crippen molar-refractivity contribution in [3.63, 3.8) is 0 Å². The molecule has 0 spiro atoms. The van der Waals surface area contributed by atoms with Crippen LogP contribution in [0.15, 0.2) is 82.6 Å². The molecule has 130 valence electrons. The molecule has 5 rings (SSSR count). The fourth-order valence-electron chi connectivity index (χ4n) is 3.28. The molecule has 0 aliphatic heterocycles. The van der Waals surface area contributed by atoms with E-state index < -0.39 is 5.69 Å². The Kier molecular flexibility index (Phi) is 3.51. The third-order valence-corrected chi connectivity index (χ3v) is 5.70. The molecule has 0 fully saturated rings. The number of H-pyrrole nitrogens is 1. The Balaban J connectivity index is 1.81. The minimum Gasteiger partial charge on any atom is -0.306 e. The van der Waals surface area contributed by atoms with Gasteiger partial charge < -0.3 is 4.98 Å². The number of hydrogen-bond donors (Lipinski definition) is 1. The van der Waals surface area contributed by atoms with Crippen molar-refractivity contribution in [2.24, 2.45) is 0 Å². The standard InChI is InChI=1S/C21H13N3O2S/c25-20-19-16(11-18(27-19)14-7-4-10-22-12-14)23-21(26)24(20)17-9-3-6-13-5-1-2-8-15(13)17/h1-12H,(H,23,26). The summed E-state index contributed by atoms with van der Waals surface area (Å²) < 4.78 is 1.73. The van der Waals surface area contributed by atoms with E-state index >= 15 is 0 Å². The highest BCUT2D eigenvalue weighted by Crippen LogP contribution is 2.30. The van der Waals surface area contributed by atoms with Crippen LogP contribution in [-0.4, -0.2) is 14.5 Å². The molecule has 1 N–H and O–H groups in total. The second kappa shape index (κ2) is 6.03. The van der Waals surface area contributed by atoms with Crippen LogP contribution in [0.2, 0.25) is 0 Å². The molecule has 0 saturated heterocycles. The summed E-state index contributed by atoms with van der Waals surface area (Å²) in [6, 6.07) is 18.9. The van der Waals surface area contributed by atoms with E-state index in [9.17, 15) is 9.59 Å². The number of pyridine rings is 1. The predicted molar refractivity (Wildman–Crippen MR) is 109 cm³/mol. The van der Waals surface area contributed by atoms with Gasteiger partial charge >= 0.3 is 5.69 Å². The predicted octanol–water partition coefficient (Wildman–Crippen LogP) is 3.96. The normalized spacial score (nSPS) is 11.3. The molecule has 3 heterocycles. The smallest absolute Gasteiger partial charge is 0.306 e. The average Bonchev–Trinajstić information content (AvgIpc) is 3.13. The lowest BCUT2D eigenvalue weighted by Gasteiger charge is -2.08. The first kappa shape index (κ1) is 15.7. The van der Waals surface area contributed by atoms with Crippen LogP contribution in [0.4, 0.5) is 0 Å². The van der Waals surface area contributed by atoms with Crippen LogP contribution in [0.25, 0.3) is 37.1 Å². The van der Waals surface area contributed by atoms with Gasteiger partial charge in [-0.15, -0.1) is 11.3 Å². The second-order valence-electron chi connectivity index (χ2n) is 6.16. The summed E-state index contributed by atoms with van der Waals surface area (Å²) in [5.41, 5.74) is 1.28. The van der Waals surface area contributed by atoms with Gasteiger partial charge in [-0.1, -0.05) is 42.5 Å². The van der Waals surface area contributed by atoms with Crippen molar-refractivity contribution in [2.75, 3.05) is 0 Å². The minimum atomic E-state index is -0.445. The van der Waals surface area contributed by atoms with Crippen molar-refractivity contribution in [1.29, 1.82) is 0 Å². The molecule has 0 aliphatic carbocycles. The van der Waals surface area contributed by atoms with Gasteiger partial charge in [0.1, 0.15) is 4.70 Å². The number of hydrogen-bond acceptors (Lipinski definition) is 4. The van der Waals surface area contributed by atoms with Crippen molar-refractivity contribution in [3.05, 3.63) is 93.9 Å². The van der Waals surface area contributed by atoms with E-state index in [1.54, 1.807) is 18.5 Å². The molecule has 0 amide bonds. The first-order valence-corrected chi connectivity index (χ1v) is 9.21. The summed E-state index contributed by atoms with van der Waals surface area (Å²) in [7, 11) is 0. The maximum atomic E-state index is 13.2. The zero-order valence-corrected chi connectivity index (χ0v) is 14.9. The number of aromatic nitrogens is 3. The van der Waals surface area contributed by atoms with Crippen molar-refractivity contribution in [3.8, 4) is 16.1 Å². The number of rotatable bonds is 2. The lowest BCUT2D eigenvalue weighted by molar-refractivity contribution is 0.911. The molecule has 0 bridgehead atoms. The summed E-state index contributed by atoms with van der Waals surface area (Å²) in [4.78, 5) is 33.8. The topological polar surface area (TPSA) is 67.8 Å². The first-order chi connectivity index (χ1) is 13.2. The van der Waals surface area contributed by atoms with Crippen LogP contribution in [0, 0.1) is 0 Å². The highest BCUT2D eigenvalue weighted by Gasteiger charge is 2.15. The van der Waals surface area contributed by atoms with Crippen LogP contribution in [-0.2, 0) is 0 Å². The fourth-order valence-corrected chi connectivity index (χ4v) is 4.31. The quantitative estimate of drug-likeness (QED) is 0.511. The number of nitrogens with zero attached hydrogens (tertiary/aromatic N) is 2. The number of thiophene rings is 1. The Bertz CT molecular complexity index is 1410. The molecule has 6 heteroatoms. The number of benzene rings is 2. The van der Waals surface area contributed by atoms with E-state index in [1.807, 2.05) is 54.6 Å². The van der Waals surface area contributed by atoms with Gasteiger partial charge in [0, 0.05) is 28.2 Å². The van der Waals surface area contributed by atoms with Crippen molar-refractivity contribution >= 4 is 32.3 Å². The van der Waals surface area contributed by atoms with Crippen LogP contribution in [0.3, 0.4) is 0 Å². The Hall–Kier alpha value is -3.51. The fraction of sp³-hybridized carbons (Fsp3) is 0. The zero-order valence-electron chi connectivity index (χ0n) is 14.0. The summed E-state index contributed by atoms with van der Waals surface area (Å²) in [6.45, 7) is 0. The van der Waals surface area contributed by atoms with Gasteiger partial charge in [0.15, 0.2) is 0 Å². The third-order valence-electron chi connectivity index (χ3n) is 4.53. The largest absolute Gasteiger partial charge is 0.333 e.